The Morgan fingerprint density at radius 1 is 1.38 bits per heavy atom. The summed E-state index contributed by atoms with van der Waals surface area (Å²) in [5.74, 6) is 0.0448. The number of nitrogens with one attached hydrogen (secondary N) is 1. The second kappa shape index (κ2) is 5.95. The minimum absolute atomic E-state index is 0.0336. The van der Waals surface area contributed by atoms with E-state index in [1.807, 2.05) is 18.4 Å². The number of fused-ring (bicyclic) bond motifs is 1. The molecule has 1 aromatic heterocycles. The maximum absolute atomic E-state index is 11.4. The first kappa shape index (κ1) is 15.0. The van der Waals surface area contributed by atoms with Gasteiger partial charge in [0.1, 0.15) is 5.82 Å². The lowest BCUT2D eigenvalue weighted by Gasteiger charge is -2.11. The molecule has 21 heavy (non-hydrogen) atoms. The van der Waals surface area contributed by atoms with Gasteiger partial charge in [-0.3, -0.25) is 4.79 Å². The number of nitrogens with zero attached hydrogens (tertiary/aromatic N) is 2. The standard InChI is InChI=1S/C15H19N3O3/c1-9(2)14-17-11-8-10(15(20)21)4-5-12(11)18(14)7-6-13(19)16-3/h4-5,8-9H,6-7H2,1-3H3,(H,16,19)(H,20,21). The molecule has 0 saturated heterocycles. The number of imidazole rings is 1. The first-order valence-corrected chi connectivity index (χ1v) is 6.88. The highest BCUT2D eigenvalue weighted by Gasteiger charge is 2.16. The Balaban J connectivity index is 2.47. The molecule has 0 aliphatic heterocycles. The Morgan fingerprint density at radius 2 is 2.10 bits per heavy atom. The van der Waals surface area contributed by atoms with Crippen LogP contribution in [0, 0.1) is 0 Å². The number of aryl methyl sites for hydroxylation is 1. The van der Waals surface area contributed by atoms with Crippen LogP contribution in [0.4, 0.5) is 0 Å². The number of amides is 1. The molecule has 2 N–H and O–H groups in total. The number of carboxylic acids is 1. The zero-order valence-electron chi connectivity index (χ0n) is 12.4. The predicted molar refractivity (Wildman–Crippen MR) is 79.5 cm³/mol. The average Bonchev–Trinajstić information content (AvgIpc) is 2.82. The number of carboxylic acid groups (broad SMARTS) is 1. The number of aromatic carboxylic acids is 1. The summed E-state index contributed by atoms with van der Waals surface area (Å²) in [7, 11) is 1.61. The zero-order chi connectivity index (χ0) is 15.6. The number of hydrogen-bond donors (Lipinski definition) is 2. The molecule has 0 saturated carbocycles. The first-order valence-electron chi connectivity index (χ1n) is 6.88. The summed E-state index contributed by atoms with van der Waals surface area (Å²) in [6.45, 7) is 4.57. The van der Waals surface area contributed by atoms with Crippen molar-refractivity contribution in [2.24, 2.45) is 0 Å². The molecule has 0 unspecified atom stereocenters. The van der Waals surface area contributed by atoms with Crippen molar-refractivity contribution >= 4 is 22.9 Å². The lowest BCUT2D eigenvalue weighted by atomic mass is 10.2. The third kappa shape index (κ3) is 3.04. The average molecular weight is 289 g/mol. The van der Waals surface area contributed by atoms with E-state index in [0.29, 0.717) is 18.5 Å². The molecule has 1 amide bonds. The topological polar surface area (TPSA) is 84.2 Å². The van der Waals surface area contributed by atoms with Gasteiger partial charge in [0.15, 0.2) is 0 Å². The molecule has 0 fully saturated rings. The van der Waals surface area contributed by atoms with E-state index >= 15 is 0 Å². The lowest BCUT2D eigenvalue weighted by Crippen LogP contribution is -2.20. The zero-order valence-corrected chi connectivity index (χ0v) is 12.4. The molecular weight excluding hydrogens is 270 g/mol. The molecule has 112 valence electrons. The molecular formula is C15H19N3O3. The van der Waals surface area contributed by atoms with Gasteiger partial charge in [0.05, 0.1) is 16.6 Å². The molecule has 0 spiro atoms. The molecule has 6 heteroatoms. The summed E-state index contributed by atoms with van der Waals surface area (Å²) in [4.78, 5) is 27.0. The number of carbonyl (C=O) groups is 2. The van der Waals surface area contributed by atoms with Crippen molar-refractivity contribution < 1.29 is 14.7 Å². The van der Waals surface area contributed by atoms with Gasteiger partial charge in [0.2, 0.25) is 5.91 Å². The highest BCUT2D eigenvalue weighted by atomic mass is 16.4. The van der Waals surface area contributed by atoms with Crippen molar-refractivity contribution in [1.29, 1.82) is 0 Å². The Kier molecular flexibility index (Phi) is 4.26. The molecule has 2 aromatic rings. The largest absolute Gasteiger partial charge is 0.478 e. The van der Waals surface area contributed by atoms with Crippen LogP contribution < -0.4 is 5.32 Å². The van der Waals surface area contributed by atoms with Crippen molar-refractivity contribution in [1.82, 2.24) is 14.9 Å². The number of aromatic nitrogens is 2. The van der Waals surface area contributed by atoms with Gasteiger partial charge >= 0.3 is 5.97 Å². The number of rotatable bonds is 5. The van der Waals surface area contributed by atoms with E-state index in [9.17, 15) is 9.59 Å². The summed E-state index contributed by atoms with van der Waals surface area (Å²) in [6, 6.07) is 4.88. The summed E-state index contributed by atoms with van der Waals surface area (Å²) in [5, 5.41) is 11.6. The van der Waals surface area contributed by atoms with Crippen LogP contribution in [0.3, 0.4) is 0 Å². The molecule has 2 rings (SSSR count). The second-order valence-corrected chi connectivity index (χ2v) is 5.21. The van der Waals surface area contributed by atoms with Gasteiger partial charge in [-0.1, -0.05) is 13.8 Å². The quantitative estimate of drug-likeness (QED) is 0.881. The van der Waals surface area contributed by atoms with Crippen LogP contribution in [-0.4, -0.2) is 33.6 Å². The van der Waals surface area contributed by atoms with Crippen LogP contribution in [0.1, 0.15) is 42.4 Å². The Bertz CT molecular complexity index is 689. The van der Waals surface area contributed by atoms with E-state index in [2.05, 4.69) is 10.3 Å². The number of carbonyl (C=O) groups excluding carboxylic acids is 1. The fraction of sp³-hybridized carbons (Fsp3) is 0.400. The van der Waals surface area contributed by atoms with Crippen molar-refractivity contribution in [2.45, 2.75) is 32.7 Å². The van der Waals surface area contributed by atoms with E-state index < -0.39 is 5.97 Å². The molecule has 0 atom stereocenters. The molecule has 1 heterocycles. The van der Waals surface area contributed by atoms with E-state index in [1.165, 1.54) is 0 Å². The predicted octanol–water partition coefficient (Wildman–Crippen LogP) is 1.99. The minimum Gasteiger partial charge on any atom is -0.478 e. The van der Waals surface area contributed by atoms with Crippen molar-refractivity contribution in [3.63, 3.8) is 0 Å². The monoisotopic (exact) mass is 289 g/mol. The van der Waals surface area contributed by atoms with E-state index in [0.717, 1.165) is 11.3 Å². The van der Waals surface area contributed by atoms with Gasteiger partial charge in [0, 0.05) is 25.9 Å². The lowest BCUT2D eigenvalue weighted by molar-refractivity contribution is -0.120. The summed E-state index contributed by atoms with van der Waals surface area (Å²) in [5.41, 5.74) is 1.72. The molecule has 0 bridgehead atoms. The number of benzene rings is 1. The van der Waals surface area contributed by atoms with E-state index in [1.54, 1.807) is 25.2 Å². The maximum Gasteiger partial charge on any atom is 0.335 e. The van der Waals surface area contributed by atoms with Gasteiger partial charge in [0.25, 0.3) is 0 Å². The molecule has 0 aliphatic rings. The van der Waals surface area contributed by atoms with Crippen LogP contribution in [0.25, 0.3) is 11.0 Å². The second-order valence-electron chi connectivity index (χ2n) is 5.21. The van der Waals surface area contributed by atoms with Crippen molar-refractivity contribution in [3.05, 3.63) is 29.6 Å². The minimum atomic E-state index is -0.970. The van der Waals surface area contributed by atoms with Gasteiger partial charge in [-0.2, -0.15) is 0 Å². The van der Waals surface area contributed by atoms with E-state index in [4.69, 9.17) is 5.11 Å². The molecule has 1 aromatic carbocycles. The smallest absolute Gasteiger partial charge is 0.335 e. The van der Waals surface area contributed by atoms with Gasteiger partial charge < -0.3 is 15.0 Å². The first-order chi connectivity index (χ1) is 9.93. The fourth-order valence-electron chi connectivity index (χ4n) is 2.30. The number of hydrogen-bond acceptors (Lipinski definition) is 3. The third-order valence-corrected chi connectivity index (χ3v) is 3.38. The summed E-state index contributed by atoms with van der Waals surface area (Å²) in [6.07, 6.45) is 0.363. The summed E-state index contributed by atoms with van der Waals surface area (Å²) >= 11 is 0. The Labute approximate surface area is 122 Å². The van der Waals surface area contributed by atoms with Crippen LogP contribution in [0.5, 0.6) is 0 Å². The van der Waals surface area contributed by atoms with Crippen LogP contribution >= 0.6 is 0 Å². The molecule has 0 radical (unpaired) electrons. The Morgan fingerprint density at radius 3 is 2.67 bits per heavy atom. The highest BCUT2D eigenvalue weighted by Crippen LogP contribution is 2.23. The fourth-order valence-corrected chi connectivity index (χ4v) is 2.30. The van der Waals surface area contributed by atoms with Gasteiger partial charge in [-0.25, -0.2) is 9.78 Å². The van der Waals surface area contributed by atoms with Crippen LogP contribution in [0.15, 0.2) is 18.2 Å². The third-order valence-electron chi connectivity index (χ3n) is 3.38. The van der Waals surface area contributed by atoms with Gasteiger partial charge in [-0.15, -0.1) is 0 Å². The maximum atomic E-state index is 11.4. The van der Waals surface area contributed by atoms with E-state index in [-0.39, 0.29) is 17.4 Å². The van der Waals surface area contributed by atoms with Crippen LogP contribution in [-0.2, 0) is 11.3 Å². The van der Waals surface area contributed by atoms with Gasteiger partial charge in [-0.05, 0) is 18.2 Å². The van der Waals surface area contributed by atoms with Crippen molar-refractivity contribution in [2.75, 3.05) is 7.05 Å². The SMILES string of the molecule is CNC(=O)CCn1c(C(C)C)nc2cc(C(=O)O)ccc21. The normalized spacial score (nSPS) is 11.0. The molecule has 0 aliphatic carbocycles. The van der Waals surface area contributed by atoms with Crippen molar-refractivity contribution in [3.8, 4) is 0 Å². The highest BCUT2D eigenvalue weighted by molar-refractivity contribution is 5.92. The Hall–Kier alpha value is -2.37. The summed E-state index contributed by atoms with van der Waals surface area (Å²) < 4.78 is 1.99. The van der Waals surface area contributed by atoms with Crippen LogP contribution in [0.2, 0.25) is 0 Å². The molecule has 6 nitrogen and oxygen atoms in total.